The standard InChI is InChI=1S/C31H41N5O3S/c1-23-22-34(17-18-35(23)29(38)21-31(2,3)4)28(37)12-9-19-40-30-33-32-27(20-24-10-7-6-8-11-24)36(30)25-13-15-26(39-5)16-14-25/h6-8,10-11,13-16,23H,9,12,17-22H2,1-5H3. The second-order valence-corrected chi connectivity index (χ2v) is 12.6. The molecule has 8 nitrogen and oxygen atoms in total. The van der Waals surface area contributed by atoms with Gasteiger partial charge in [-0.05, 0) is 48.6 Å². The lowest BCUT2D eigenvalue weighted by atomic mass is 9.91. The predicted molar refractivity (Wildman–Crippen MR) is 159 cm³/mol. The summed E-state index contributed by atoms with van der Waals surface area (Å²) in [7, 11) is 1.66. The van der Waals surface area contributed by atoms with Gasteiger partial charge in [0.05, 0.1) is 7.11 Å². The molecule has 1 aliphatic rings. The summed E-state index contributed by atoms with van der Waals surface area (Å²) in [6, 6.07) is 18.2. The third-order valence-corrected chi connectivity index (χ3v) is 8.00. The number of benzene rings is 2. The molecule has 4 rings (SSSR count). The maximum absolute atomic E-state index is 13.0. The van der Waals surface area contributed by atoms with Crippen LogP contribution in [0.4, 0.5) is 0 Å². The zero-order chi connectivity index (χ0) is 28.7. The fourth-order valence-corrected chi connectivity index (χ4v) is 5.84. The van der Waals surface area contributed by atoms with Crippen LogP contribution in [0, 0.1) is 5.41 Å². The Bertz CT molecular complexity index is 1270. The molecule has 0 bridgehead atoms. The second kappa shape index (κ2) is 13.4. The van der Waals surface area contributed by atoms with Crippen molar-refractivity contribution in [3.8, 4) is 11.4 Å². The van der Waals surface area contributed by atoms with Crippen molar-refractivity contribution in [2.24, 2.45) is 5.41 Å². The van der Waals surface area contributed by atoms with Crippen LogP contribution in [-0.4, -0.2) is 74.9 Å². The first-order valence-electron chi connectivity index (χ1n) is 14.0. The molecule has 0 aliphatic carbocycles. The van der Waals surface area contributed by atoms with Crippen molar-refractivity contribution in [3.63, 3.8) is 0 Å². The third-order valence-electron chi connectivity index (χ3n) is 6.98. The number of hydrogen-bond donors (Lipinski definition) is 0. The number of carbonyl (C=O) groups excluding carboxylic acids is 2. The van der Waals surface area contributed by atoms with Gasteiger partial charge in [0.1, 0.15) is 11.6 Å². The minimum atomic E-state index is -0.0403. The highest BCUT2D eigenvalue weighted by Crippen LogP contribution is 2.26. The molecule has 0 saturated carbocycles. The van der Waals surface area contributed by atoms with Gasteiger partial charge in [-0.15, -0.1) is 10.2 Å². The van der Waals surface area contributed by atoms with E-state index in [0.717, 1.165) is 34.6 Å². The van der Waals surface area contributed by atoms with Crippen LogP contribution in [0.2, 0.25) is 0 Å². The summed E-state index contributed by atoms with van der Waals surface area (Å²) in [4.78, 5) is 29.5. The first-order valence-corrected chi connectivity index (χ1v) is 15.0. The molecule has 1 aromatic heterocycles. The SMILES string of the molecule is COc1ccc(-n2c(Cc3ccccc3)nnc2SCCCC(=O)N2CCN(C(=O)CC(C)(C)C)C(C)C2)cc1. The van der Waals surface area contributed by atoms with Crippen molar-refractivity contribution in [2.75, 3.05) is 32.5 Å². The lowest BCUT2D eigenvalue weighted by Crippen LogP contribution is -2.55. The lowest BCUT2D eigenvalue weighted by molar-refractivity contribution is -0.143. The van der Waals surface area contributed by atoms with E-state index in [2.05, 4.69) is 47.7 Å². The average Bonchev–Trinajstić information content (AvgIpc) is 3.32. The van der Waals surface area contributed by atoms with Crippen molar-refractivity contribution in [3.05, 3.63) is 66.0 Å². The molecule has 9 heteroatoms. The van der Waals surface area contributed by atoms with Crippen molar-refractivity contribution >= 4 is 23.6 Å². The average molecular weight is 564 g/mol. The van der Waals surface area contributed by atoms with Crippen LogP contribution in [-0.2, 0) is 16.0 Å². The summed E-state index contributed by atoms with van der Waals surface area (Å²) in [5.41, 5.74) is 2.10. The summed E-state index contributed by atoms with van der Waals surface area (Å²) in [5.74, 6) is 2.74. The number of ether oxygens (including phenoxy) is 1. The first-order chi connectivity index (χ1) is 19.1. The number of methoxy groups -OCH3 is 1. The Balaban J connectivity index is 1.34. The molecule has 2 aromatic carbocycles. The van der Waals surface area contributed by atoms with E-state index >= 15 is 0 Å². The van der Waals surface area contributed by atoms with Crippen LogP contribution >= 0.6 is 11.8 Å². The highest BCUT2D eigenvalue weighted by molar-refractivity contribution is 7.99. The van der Waals surface area contributed by atoms with Crippen LogP contribution in [0.3, 0.4) is 0 Å². The zero-order valence-electron chi connectivity index (χ0n) is 24.3. The Morgan fingerprint density at radius 1 is 1.00 bits per heavy atom. The van der Waals surface area contributed by atoms with E-state index in [1.165, 1.54) is 5.56 Å². The molecule has 214 valence electrons. The van der Waals surface area contributed by atoms with E-state index in [0.29, 0.717) is 38.9 Å². The van der Waals surface area contributed by atoms with Gasteiger partial charge in [0, 0.05) is 56.4 Å². The van der Waals surface area contributed by atoms with Crippen molar-refractivity contribution in [2.45, 2.75) is 64.6 Å². The number of aromatic nitrogens is 3. The summed E-state index contributed by atoms with van der Waals surface area (Å²) >= 11 is 1.62. The van der Waals surface area contributed by atoms with E-state index in [1.54, 1.807) is 18.9 Å². The van der Waals surface area contributed by atoms with E-state index < -0.39 is 0 Å². The number of nitrogens with zero attached hydrogens (tertiary/aromatic N) is 5. The van der Waals surface area contributed by atoms with E-state index in [-0.39, 0.29) is 23.3 Å². The van der Waals surface area contributed by atoms with Gasteiger partial charge in [0.2, 0.25) is 11.8 Å². The number of piperazine rings is 1. The molecule has 3 aromatic rings. The minimum Gasteiger partial charge on any atom is -0.497 e. The molecule has 1 atom stereocenters. The molecule has 1 aliphatic heterocycles. The lowest BCUT2D eigenvalue weighted by Gasteiger charge is -2.41. The van der Waals surface area contributed by atoms with Crippen LogP contribution in [0.1, 0.15) is 58.3 Å². The Kier molecular flexibility index (Phi) is 9.90. The fourth-order valence-electron chi connectivity index (χ4n) is 4.93. The van der Waals surface area contributed by atoms with Gasteiger partial charge in [-0.1, -0.05) is 62.9 Å². The molecular formula is C31H41N5O3S. The molecule has 1 fully saturated rings. The maximum Gasteiger partial charge on any atom is 0.223 e. The Hall–Kier alpha value is -3.33. The molecule has 1 unspecified atom stereocenters. The van der Waals surface area contributed by atoms with E-state index in [9.17, 15) is 9.59 Å². The monoisotopic (exact) mass is 563 g/mol. The number of hydrogen-bond acceptors (Lipinski definition) is 6. The van der Waals surface area contributed by atoms with Crippen LogP contribution < -0.4 is 4.74 Å². The predicted octanol–water partition coefficient (Wildman–Crippen LogP) is 5.23. The summed E-state index contributed by atoms with van der Waals surface area (Å²) in [6.07, 6.45) is 2.41. The number of thioether (sulfide) groups is 1. The van der Waals surface area contributed by atoms with Gasteiger partial charge in [0.25, 0.3) is 0 Å². The van der Waals surface area contributed by atoms with Gasteiger partial charge in [-0.2, -0.15) is 0 Å². The second-order valence-electron chi connectivity index (χ2n) is 11.6. The van der Waals surface area contributed by atoms with E-state index in [4.69, 9.17) is 4.74 Å². The topological polar surface area (TPSA) is 80.6 Å². The van der Waals surface area contributed by atoms with Gasteiger partial charge in [-0.3, -0.25) is 14.2 Å². The van der Waals surface area contributed by atoms with Gasteiger partial charge in [-0.25, -0.2) is 0 Å². The van der Waals surface area contributed by atoms with Crippen molar-refractivity contribution in [1.29, 1.82) is 0 Å². The Morgan fingerprint density at radius 3 is 2.38 bits per heavy atom. The molecular weight excluding hydrogens is 522 g/mol. The van der Waals surface area contributed by atoms with Crippen molar-refractivity contribution in [1.82, 2.24) is 24.6 Å². The van der Waals surface area contributed by atoms with Gasteiger partial charge < -0.3 is 14.5 Å². The number of rotatable bonds is 10. The highest BCUT2D eigenvalue weighted by Gasteiger charge is 2.31. The fraction of sp³-hybridized carbons (Fsp3) is 0.484. The molecule has 0 spiro atoms. The molecule has 2 amide bonds. The highest BCUT2D eigenvalue weighted by atomic mass is 32.2. The Labute approximate surface area is 242 Å². The minimum absolute atomic E-state index is 0.0352. The van der Waals surface area contributed by atoms with E-state index in [1.807, 2.05) is 59.2 Å². The molecule has 2 heterocycles. The largest absolute Gasteiger partial charge is 0.497 e. The Morgan fingerprint density at radius 2 is 1.73 bits per heavy atom. The normalized spacial score (nSPS) is 15.8. The molecule has 0 N–H and O–H groups in total. The molecule has 40 heavy (non-hydrogen) atoms. The smallest absolute Gasteiger partial charge is 0.223 e. The summed E-state index contributed by atoms with van der Waals surface area (Å²) < 4.78 is 7.43. The molecule has 0 radical (unpaired) electrons. The summed E-state index contributed by atoms with van der Waals surface area (Å²) in [5, 5.41) is 9.84. The first kappa shape index (κ1) is 29.6. The van der Waals surface area contributed by atoms with Gasteiger partial charge in [0.15, 0.2) is 5.16 Å². The zero-order valence-corrected chi connectivity index (χ0v) is 25.1. The molecule has 1 saturated heterocycles. The van der Waals surface area contributed by atoms with Crippen molar-refractivity contribution < 1.29 is 14.3 Å². The van der Waals surface area contributed by atoms with Crippen LogP contribution in [0.15, 0.2) is 59.8 Å². The van der Waals surface area contributed by atoms with Crippen LogP contribution in [0.25, 0.3) is 5.69 Å². The number of carbonyl (C=O) groups is 2. The van der Waals surface area contributed by atoms with Gasteiger partial charge >= 0.3 is 0 Å². The third kappa shape index (κ3) is 7.87. The summed E-state index contributed by atoms with van der Waals surface area (Å²) in [6.45, 7) is 10.1. The van der Waals surface area contributed by atoms with Crippen LogP contribution in [0.5, 0.6) is 5.75 Å². The maximum atomic E-state index is 13.0. The quantitative estimate of drug-likeness (QED) is 0.248. The number of amides is 2.